The Hall–Kier alpha value is -2.56. The van der Waals surface area contributed by atoms with Crippen molar-refractivity contribution < 1.29 is 0 Å². The third-order valence-corrected chi connectivity index (χ3v) is 2.78. The number of aromatic amines is 1. The number of aryl methyl sites for hydroxylation is 1. The number of imidazole rings is 1. The largest absolute Gasteiger partial charge is 0.368 e. The van der Waals surface area contributed by atoms with Crippen LogP contribution in [0.1, 0.15) is 11.3 Å². The van der Waals surface area contributed by atoms with Crippen LogP contribution in [0.15, 0.2) is 41.8 Å². The summed E-state index contributed by atoms with van der Waals surface area (Å²) in [6.45, 7) is 1.88. The van der Waals surface area contributed by atoms with E-state index < -0.39 is 0 Å². The highest BCUT2D eigenvalue weighted by Gasteiger charge is 2.01. The van der Waals surface area contributed by atoms with E-state index in [1.807, 2.05) is 37.4 Å². The van der Waals surface area contributed by atoms with Crippen LogP contribution in [0.5, 0.6) is 0 Å². The summed E-state index contributed by atoms with van der Waals surface area (Å²) < 4.78 is 1.57. The molecule has 18 heavy (non-hydrogen) atoms. The molecule has 5 nitrogen and oxygen atoms in total. The molecule has 2 heterocycles. The summed E-state index contributed by atoms with van der Waals surface area (Å²) in [4.78, 5) is 7.26. The van der Waals surface area contributed by atoms with Gasteiger partial charge in [-0.25, -0.2) is 9.66 Å². The third-order valence-electron chi connectivity index (χ3n) is 2.78. The Morgan fingerprint density at radius 2 is 2.28 bits per heavy atom. The van der Waals surface area contributed by atoms with Crippen LogP contribution < -0.4 is 5.73 Å². The van der Waals surface area contributed by atoms with Crippen molar-refractivity contribution in [3.63, 3.8) is 0 Å². The average Bonchev–Trinajstić information content (AvgIpc) is 2.93. The van der Waals surface area contributed by atoms with Crippen LogP contribution >= 0.6 is 0 Å². The summed E-state index contributed by atoms with van der Waals surface area (Å²) in [6.07, 6.45) is 5.49. The number of benzene rings is 1. The number of nitrogens with two attached hydrogens (primary N) is 1. The van der Waals surface area contributed by atoms with Crippen molar-refractivity contribution in [1.29, 1.82) is 0 Å². The summed E-state index contributed by atoms with van der Waals surface area (Å²) in [7, 11) is 0. The molecule has 0 saturated carbocycles. The second-order valence-electron chi connectivity index (χ2n) is 4.12. The number of hydrogen-bond donors (Lipinski definition) is 2. The van der Waals surface area contributed by atoms with Gasteiger partial charge < -0.3 is 10.7 Å². The predicted molar refractivity (Wildman–Crippen MR) is 72.7 cm³/mol. The van der Waals surface area contributed by atoms with E-state index in [9.17, 15) is 0 Å². The molecule has 1 aromatic carbocycles. The predicted octanol–water partition coefficient (Wildman–Crippen LogP) is 2.14. The van der Waals surface area contributed by atoms with Gasteiger partial charge >= 0.3 is 0 Å². The van der Waals surface area contributed by atoms with Crippen LogP contribution in [0.2, 0.25) is 0 Å². The number of hydrogen-bond acceptors (Lipinski definition) is 3. The fourth-order valence-corrected chi connectivity index (χ4v) is 1.94. The fourth-order valence-electron chi connectivity index (χ4n) is 1.94. The number of rotatable bonds is 2. The SMILES string of the molecule is Cc1cn(N=Cc2cccc3[nH]ccc23)c(N)n1. The van der Waals surface area contributed by atoms with E-state index in [1.54, 1.807) is 17.1 Å². The van der Waals surface area contributed by atoms with Gasteiger partial charge in [0.25, 0.3) is 0 Å². The summed E-state index contributed by atoms with van der Waals surface area (Å²) in [6, 6.07) is 8.06. The summed E-state index contributed by atoms with van der Waals surface area (Å²) >= 11 is 0. The molecule has 0 saturated heterocycles. The monoisotopic (exact) mass is 239 g/mol. The Balaban J connectivity index is 2.01. The molecular formula is C13H13N5. The maximum Gasteiger partial charge on any atom is 0.221 e. The van der Waals surface area contributed by atoms with E-state index in [0.717, 1.165) is 22.2 Å². The molecule has 0 spiro atoms. The maximum atomic E-state index is 5.73. The van der Waals surface area contributed by atoms with Gasteiger partial charge in [-0.05, 0) is 19.1 Å². The van der Waals surface area contributed by atoms with Crippen molar-refractivity contribution in [3.05, 3.63) is 47.9 Å². The van der Waals surface area contributed by atoms with E-state index >= 15 is 0 Å². The molecule has 2 aromatic heterocycles. The van der Waals surface area contributed by atoms with Gasteiger partial charge in [0.1, 0.15) is 0 Å². The van der Waals surface area contributed by atoms with E-state index in [1.165, 1.54) is 0 Å². The van der Waals surface area contributed by atoms with Crippen molar-refractivity contribution in [3.8, 4) is 0 Å². The van der Waals surface area contributed by atoms with Gasteiger partial charge in [0.15, 0.2) is 0 Å². The first kappa shape index (κ1) is 10.6. The van der Waals surface area contributed by atoms with Crippen molar-refractivity contribution >= 4 is 23.1 Å². The average molecular weight is 239 g/mol. The number of H-pyrrole nitrogens is 1. The normalized spacial score (nSPS) is 11.6. The Morgan fingerprint density at radius 1 is 1.39 bits per heavy atom. The summed E-state index contributed by atoms with van der Waals surface area (Å²) in [5.74, 6) is 0.394. The van der Waals surface area contributed by atoms with E-state index in [0.29, 0.717) is 5.95 Å². The van der Waals surface area contributed by atoms with Crippen molar-refractivity contribution in [2.24, 2.45) is 5.10 Å². The molecule has 0 fully saturated rings. The molecule has 0 amide bonds. The molecule has 3 N–H and O–H groups in total. The number of nitrogens with one attached hydrogen (secondary N) is 1. The Morgan fingerprint density at radius 3 is 3.06 bits per heavy atom. The zero-order chi connectivity index (χ0) is 12.5. The Bertz CT molecular complexity index is 720. The van der Waals surface area contributed by atoms with E-state index in [-0.39, 0.29) is 0 Å². The van der Waals surface area contributed by atoms with Gasteiger partial charge in [-0.2, -0.15) is 5.10 Å². The minimum absolute atomic E-state index is 0.394. The van der Waals surface area contributed by atoms with Crippen LogP contribution in [-0.4, -0.2) is 20.9 Å². The number of aromatic nitrogens is 3. The Kier molecular flexibility index (Phi) is 2.37. The topological polar surface area (TPSA) is 72.0 Å². The van der Waals surface area contributed by atoms with Gasteiger partial charge in [-0.3, -0.25) is 0 Å². The van der Waals surface area contributed by atoms with Crippen molar-refractivity contribution in [1.82, 2.24) is 14.6 Å². The molecule has 0 aliphatic heterocycles. The first-order valence-electron chi connectivity index (χ1n) is 5.66. The number of fused-ring (bicyclic) bond motifs is 1. The molecule has 0 unspecified atom stereocenters. The molecule has 90 valence electrons. The van der Waals surface area contributed by atoms with Gasteiger partial charge in [0, 0.05) is 22.7 Å². The van der Waals surface area contributed by atoms with E-state index in [4.69, 9.17) is 5.73 Å². The lowest BCUT2D eigenvalue weighted by atomic mass is 10.1. The first-order chi connectivity index (χ1) is 8.74. The third kappa shape index (κ3) is 1.75. The lowest BCUT2D eigenvalue weighted by Crippen LogP contribution is -1.97. The van der Waals surface area contributed by atoms with Crippen molar-refractivity contribution in [2.75, 3.05) is 5.73 Å². The van der Waals surface area contributed by atoms with Crippen LogP contribution in [0.25, 0.3) is 10.9 Å². The Labute approximate surface area is 104 Å². The van der Waals surface area contributed by atoms with Crippen LogP contribution in [0, 0.1) is 6.92 Å². The molecule has 5 heteroatoms. The number of nitrogen functional groups attached to an aromatic ring is 1. The molecule has 3 aromatic rings. The van der Waals surface area contributed by atoms with Gasteiger partial charge in [0.05, 0.1) is 18.1 Å². The van der Waals surface area contributed by atoms with Crippen LogP contribution in [-0.2, 0) is 0 Å². The molecular weight excluding hydrogens is 226 g/mol. The summed E-state index contributed by atoms with van der Waals surface area (Å²) in [5.41, 5.74) is 8.71. The van der Waals surface area contributed by atoms with Gasteiger partial charge in [0.2, 0.25) is 5.95 Å². The molecule has 0 aliphatic rings. The minimum Gasteiger partial charge on any atom is -0.368 e. The highest BCUT2D eigenvalue weighted by molar-refractivity contribution is 5.98. The van der Waals surface area contributed by atoms with Crippen LogP contribution in [0.3, 0.4) is 0 Å². The minimum atomic E-state index is 0.394. The highest BCUT2D eigenvalue weighted by Crippen LogP contribution is 2.15. The first-order valence-corrected chi connectivity index (χ1v) is 5.66. The highest BCUT2D eigenvalue weighted by atomic mass is 15.4. The standard InChI is InChI=1S/C13H13N5/c1-9-8-18(13(14)17-9)16-7-10-3-2-4-12-11(10)5-6-15-12/h2-8,15H,1H3,(H2,14,17). The second-order valence-corrected chi connectivity index (χ2v) is 4.12. The zero-order valence-corrected chi connectivity index (χ0v) is 9.96. The maximum absolute atomic E-state index is 5.73. The fraction of sp³-hybridized carbons (Fsp3) is 0.0769. The second kappa shape index (κ2) is 4.03. The number of nitrogens with zero attached hydrogens (tertiary/aromatic N) is 3. The molecule has 0 aliphatic carbocycles. The summed E-state index contributed by atoms with van der Waals surface area (Å²) in [5, 5.41) is 5.45. The van der Waals surface area contributed by atoms with Gasteiger partial charge in [-0.15, -0.1) is 0 Å². The molecule has 0 atom stereocenters. The molecule has 3 rings (SSSR count). The van der Waals surface area contributed by atoms with E-state index in [2.05, 4.69) is 15.1 Å². The van der Waals surface area contributed by atoms with Crippen LogP contribution in [0.4, 0.5) is 5.95 Å². The van der Waals surface area contributed by atoms with Crippen molar-refractivity contribution in [2.45, 2.75) is 6.92 Å². The lowest BCUT2D eigenvalue weighted by molar-refractivity contribution is 0.897. The smallest absolute Gasteiger partial charge is 0.221 e. The molecule has 0 radical (unpaired) electrons. The lowest BCUT2D eigenvalue weighted by Gasteiger charge is -1.97. The van der Waals surface area contributed by atoms with Gasteiger partial charge in [-0.1, -0.05) is 12.1 Å². The quantitative estimate of drug-likeness (QED) is 0.672. The molecule has 0 bridgehead atoms. The number of anilines is 1. The zero-order valence-electron chi connectivity index (χ0n) is 9.96.